The van der Waals surface area contributed by atoms with Crippen LogP contribution in [0.2, 0.25) is 0 Å². The van der Waals surface area contributed by atoms with E-state index >= 15 is 0 Å². The van der Waals surface area contributed by atoms with Crippen molar-refractivity contribution in [2.24, 2.45) is 0 Å². The topological polar surface area (TPSA) is 41.8 Å². The number of nitrogens with zero attached hydrogens (tertiary/aromatic N) is 1. The standard InChI is InChI=1S/C22H28N2O/c1-15(2)7-5-8-16(3)9-6-10-17(4)21-12-18-11-19-20(24-14-23-19)13-22(18)25-21/h7,9,11-14,17H,5-6,8,10H2,1-4H3,(H,23,24)/b16-9+. The van der Waals surface area contributed by atoms with E-state index in [0.717, 1.165) is 53.4 Å². The van der Waals surface area contributed by atoms with Gasteiger partial charge in [-0.2, -0.15) is 0 Å². The van der Waals surface area contributed by atoms with E-state index in [2.05, 4.69) is 61.9 Å². The second-order valence-electron chi connectivity index (χ2n) is 7.31. The highest BCUT2D eigenvalue weighted by molar-refractivity contribution is 5.92. The van der Waals surface area contributed by atoms with E-state index < -0.39 is 0 Å². The lowest BCUT2D eigenvalue weighted by molar-refractivity contribution is 0.491. The Balaban J connectivity index is 1.60. The molecule has 0 bridgehead atoms. The van der Waals surface area contributed by atoms with Gasteiger partial charge in [0, 0.05) is 17.4 Å². The van der Waals surface area contributed by atoms with Gasteiger partial charge in [-0.25, -0.2) is 4.98 Å². The van der Waals surface area contributed by atoms with Crippen molar-refractivity contribution in [1.29, 1.82) is 0 Å². The normalized spacial score (nSPS) is 13.5. The molecule has 0 saturated heterocycles. The van der Waals surface area contributed by atoms with Gasteiger partial charge >= 0.3 is 0 Å². The first-order valence-electron chi connectivity index (χ1n) is 9.18. The van der Waals surface area contributed by atoms with Gasteiger partial charge in [-0.3, -0.25) is 0 Å². The van der Waals surface area contributed by atoms with Crippen LogP contribution in [0.15, 0.2) is 52.2 Å². The fourth-order valence-corrected chi connectivity index (χ4v) is 3.14. The lowest BCUT2D eigenvalue weighted by Crippen LogP contribution is -1.90. The molecule has 1 unspecified atom stereocenters. The van der Waals surface area contributed by atoms with Crippen molar-refractivity contribution in [3.05, 3.63) is 53.6 Å². The number of hydrogen-bond acceptors (Lipinski definition) is 2. The van der Waals surface area contributed by atoms with Crippen molar-refractivity contribution in [3.63, 3.8) is 0 Å². The quantitative estimate of drug-likeness (QED) is 0.477. The Morgan fingerprint density at radius 3 is 2.80 bits per heavy atom. The minimum atomic E-state index is 0.417. The van der Waals surface area contributed by atoms with Crippen molar-refractivity contribution in [3.8, 4) is 0 Å². The predicted octanol–water partition coefficient (Wildman–Crippen LogP) is 6.89. The lowest BCUT2D eigenvalue weighted by Gasteiger charge is -2.06. The second kappa shape index (κ2) is 7.73. The highest BCUT2D eigenvalue weighted by atomic mass is 16.3. The van der Waals surface area contributed by atoms with Crippen LogP contribution in [0.3, 0.4) is 0 Å². The van der Waals surface area contributed by atoms with Crippen LogP contribution < -0.4 is 0 Å². The van der Waals surface area contributed by atoms with Gasteiger partial charge in [-0.15, -0.1) is 0 Å². The van der Waals surface area contributed by atoms with Gasteiger partial charge in [0.1, 0.15) is 11.3 Å². The summed E-state index contributed by atoms with van der Waals surface area (Å²) in [5.74, 6) is 1.48. The summed E-state index contributed by atoms with van der Waals surface area (Å²) in [6.45, 7) is 8.80. The van der Waals surface area contributed by atoms with Gasteiger partial charge in [0.05, 0.1) is 17.4 Å². The Hall–Kier alpha value is -2.29. The molecule has 1 N–H and O–H groups in total. The van der Waals surface area contributed by atoms with Crippen molar-refractivity contribution in [2.75, 3.05) is 0 Å². The predicted molar refractivity (Wildman–Crippen MR) is 106 cm³/mol. The number of aromatic amines is 1. The molecule has 1 aromatic carbocycles. The fraction of sp³-hybridized carbons (Fsp3) is 0.409. The van der Waals surface area contributed by atoms with Crippen LogP contribution in [0.25, 0.3) is 22.0 Å². The molecule has 0 aliphatic rings. The van der Waals surface area contributed by atoms with Crippen LogP contribution in [-0.4, -0.2) is 9.97 Å². The molecule has 3 rings (SSSR count). The average molecular weight is 336 g/mol. The summed E-state index contributed by atoms with van der Waals surface area (Å²) in [4.78, 5) is 7.46. The zero-order valence-corrected chi connectivity index (χ0v) is 15.7. The van der Waals surface area contributed by atoms with Gasteiger partial charge in [0.25, 0.3) is 0 Å². The maximum Gasteiger partial charge on any atom is 0.136 e. The molecule has 0 amide bonds. The first-order chi connectivity index (χ1) is 12.0. The minimum Gasteiger partial charge on any atom is -0.461 e. The summed E-state index contributed by atoms with van der Waals surface area (Å²) >= 11 is 0. The Bertz CT molecular complexity index is 859. The largest absolute Gasteiger partial charge is 0.461 e. The third kappa shape index (κ3) is 4.41. The fourth-order valence-electron chi connectivity index (χ4n) is 3.14. The smallest absolute Gasteiger partial charge is 0.136 e. The molecule has 2 aromatic heterocycles. The first-order valence-corrected chi connectivity index (χ1v) is 9.18. The minimum absolute atomic E-state index is 0.417. The number of allylic oxidation sites excluding steroid dienone is 4. The van der Waals surface area contributed by atoms with E-state index in [9.17, 15) is 0 Å². The Morgan fingerprint density at radius 2 is 2.00 bits per heavy atom. The number of fused-ring (bicyclic) bond motifs is 2. The van der Waals surface area contributed by atoms with E-state index in [1.807, 2.05) is 6.07 Å². The van der Waals surface area contributed by atoms with E-state index in [4.69, 9.17) is 4.42 Å². The number of H-pyrrole nitrogens is 1. The summed E-state index contributed by atoms with van der Waals surface area (Å²) in [5.41, 5.74) is 5.83. The van der Waals surface area contributed by atoms with E-state index in [-0.39, 0.29) is 0 Å². The highest BCUT2D eigenvalue weighted by Gasteiger charge is 2.12. The molecule has 0 aliphatic carbocycles. The Kier molecular flexibility index (Phi) is 5.42. The van der Waals surface area contributed by atoms with Crippen molar-refractivity contribution in [2.45, 2.75) is 59.3 Å². The van der Waals surface area contributed by atoms with Gasteiger partial charge in [-0.1, -0.05) is 30.2 Å². The van der Waals surface area contributed by atoms with Gasteiger partial charge in [-0.05, 0) is 58.6 Å². The number of aromatic nitrogens is 2. The van der Waals surface area contributed by atoms with Crippen molar-refractivity contribution >= 4 is 22.0 Å². The van der Waals surface area contributed by atoms with Crippen LogP contribution in [0.4, 0.5) is 0 Å². The molecule has 25 heavy (non-hydrogen) atoms. The van der Waals surface area contributed by atoms with Crippen LogP contribution in [0.5, 0.6) is 0 Å². The molecule has 2 heterocycles. The molecule has 0 spiro atoms. The Labute approximate surface area is 149 Å². The molecule has 0 fully saturated rings. The zero-order valence-electron chi connectivity index (χ0n) is 15.7. The SMILES string of the molecule is CC(C)=CCC/C(C)=C/CCC(C)c1cc2cc3nc[nH]c3cc2o1. The second-order valence-corrected chi connectivity index (χ2v) is 7.31. The van der Waals surface area contributed by atoms with Crippen LogP contribution in [-0.2, 0) is 0 Å². The molecule has 132 valence electrons. The van der Waals surface area contributed by atoms with Gasteiger partial charge in [0.2, 0.25) is 0 Å². The maximum atomic E-state index is 6.08. The summed E-state index contributed by atoms with van der Waals surface area (Å²) in [6.07, 6.45) is 10.9. The molecule has 0 radical (unpaired) electrons. The first kappa shape index (κ1) is 17.5. The zero-order chi connectivity index (χ0) is 17.8. The number of furan rings is 1. The third-order valence-electron chi connectivity index (χ3n) is 4.75. The number of hydrogen-bond donors (Lipinski definition) is 1. The Morgan fingerprint density at radius 1 is 1.16 bits per heavy atom. The molecule has 3 heteroatoms. The lowest BCUT2D eigenvalue weighted by atomic mass is 10.0. The average Bonchev–Trinajstić information content (AvgIpc) is 3.17. The summed E-state index contributed by atoms with van der Waals surface area (Å²) < 4.78 is 6.08. The highest BCUT2D eigenvalue weighted by Crippen LogP contribution is 2.30. The molecule has 1 atom stereocenters. The van der Waals surface area contributed by atoms with Crippen molar-refractivity contribution < 1.29 is 4.42 Å². The molecular formula is C22H28N2O. The molecule has 3 nitrogen and oxygen atoms in total. The van der Waals surface area contributed by atoms with Gasteiger partial charge in [0.15, 0.2) is 0 Å². The molecule has 3 aromatic rings. The van der Waals surface area contributed by atoms with Gasteiger partial charge < -0.3 is 9.40 Å². The van der Waals surface area contributed by atoms with E-state index in [0.29, 0.717) is 5.92 Å². The number of nitrogens with one attached hydrogen (secondary N) is 1. The maximum absolute atomic E-state index is 6.08. The van der Waals surface area contributed by atoms with Crippen LogP contribution >= 0.6 is 0 Å². The molecule has 0 aliphatic heterocycles. The summed E-state index contributed by atoms with van der Waals surface area (Å²) in [7, 11) is 0. The monoisotopic (exact) mass is 336 g/mol. The summed E-state index contributed by atoms with van der Waals surface area (Å²) in [5, 5.41) is 1.13. The van der Waals surface area contributed by atoms with Crippen molar-refractivity contribution in [1.82, 2.24) is 9.97 Å². The summed E-state index contributed by atoms with van der Waals surface area (Å²) in [6, 6.07) is 6.30. The third-order valence-corrected chi connectivity index (χ3v) is 4.75. The van der Waals surface area contributed by atoms with Crippen LogP contribution in [0, 0.1) is 0 Å². The number of benzene rings is 1. The number of rotatable bonds is 7. The molecule has 0 saturated carbocycles. The molecular weight excluding hydrogens is 308 g/mol. The van der Waals surface area contributed by atoms with E-state index in [1.54, 1.807) is 6.33 Å². The van der Waals surface area contributed by atoms with Crippen LogP contribution in [0.1, 0.15) is 65.1 Å². The number of imidazole rings is 1. The van der Waals surface area contributed by atoms with E-state index in [1.165, 1.54) is 11.1 Å².